The van der Waals surface area contributed by atoms with Gasteiger partial charge in [-0.05, 0) is 64.3 Å². The van der Waals surface area contributed by atoms with Crippen LogP contribution in [0.2, 0.25) is 0 Å². The zero-order chi connectivity index (χ0) is 29.5. The number of unbranched alkanes of at least 4 members (excludes halogenated alkanes) is 1. The van der Waals surface area contributed by atoms with Gasteiger partial charge in [0.15, 0.2) is 0 Å². The van der Waals surface area contributed by atoms with Gasteiger partial charge in [-0.3, -0.25) is 9.59 Å². The third-order valence-electron chi connectivity index (χ3n) is 7.96. The van der Waals surface area contributed by atoms with Crippen molar-refractivity contribution in [1.29, 1.82) is 0 Å². The van der Waals surface area contributed by atoms with Crippen LogP contribution in [0, 0.1) is 5.92 Å². The largest absolute Gasteiger partial charge is 0.338 e. The second kappa shape index (κ2) is 13.7. The Labute approximate surface area is 238 Å². The van der Waals surface area contributed by atoms with E-state index < -0.39 is 16.1 Å². The smallest absolute Gasteiger partial charge is 0.254 e. The Hall–Kier alpha value is -2.82. The lowest BCUT2D eigenvalue weighted by molar-refractivity contribution is -0.137. The van der Waals surface area contributed by atoms with E-state index in [0.29, 0.717) is 25.1 Å². The lowest BCUT2D eigenvalue weighted by Gasteiger charge is -2.37. The molecule has 2 amide bonds. The predicted molar refractivity (Wildman–Crippen MR) is 157 cm³/mol. The Morgan fingerprint density at radius 2 is 1.82 bits per heavy atom. The molecule has 10 heteroatoms. The molecule has 220 valence electrons. The molecule has 0 aromatic heterocycles. The number of hydrogen-bond acceptors (Lipinski definition) is 5. The van der Waals surface area contributed by atoms with Gasteiger partial charge in [0.2, 0.25) is 15.9 Å². The Kier molecular flexibility index (Phi) is 10.9. The minimum absolute atomic E-state index is 0.0809. The van der Waals surface area contributed by atoms with Crippen LogP contribution in [-0.4, -0.2) is 91.9 Å². The van der Waals surface area contributed by atoms with Gasteiger partial charge in [0.1, 0.15) is 11.9 Å². The zero-order valence-corrected chi connectivity index (χ0v) is 24.9. The average molecular weight is 575 g/mol. The van der Waals surface area contributed by atoms with Crippen LogP contribution in [0.15, 0.2) is 66.5 Å². The summed E-state index contributed by atoms with van der Waals surface area (Å²) in [5.74, 6) is -0.406. The van der Waals surface area contributed by atoms with Gasteiger partial charge in [-0.25, -0.2) is 12.8 Å². The molecule has 0 radical (unpaired) electrons. The van der Waals surface area contributed by atoms with Crippen molar-refractivity contribution in [3.63, 3.8) is 0 Å². The number of sulfonamides is 1. The summed E-state index contributed by atoms with van der Waals surface area (Å²) in [6.45, 7) is 9.72. The first-order chi connectivity index (χ1) is 18.9. The van der Waals surface area contributed by atoms with Crippen LogP contribution in [0.5, 0.6) is 0 Å². The summed E-state index contributed by atoms with van der Waals surface area (Å²) in [6, 6.07) is 8.25. The molecule has 0 bridgehead atoms. The summed E-state index contributed by atoms with van der Waals surface area (Å²) in [5.41, 5.74) is 1.33. The van der Waals surface area contributed by atoms with Gasteiger partial charge in [-0.2, -0.15) is 4.31 Å². The zero-order valence-electron chi connectivity index (χ0n) is 24.1. The molecule has 40 heavy (non-hydrogen) atoms. The molecule has 1 aliphatic heterocycles. The van der Waals surface area contributed by atoms with E-state index in [-0.39, 0.29) is 42.2 Å². The molecule has 1 saturated heterocycles. The number of hydrogen-bond donors (Lipinski definition) is 1. The molecule has 1 unspecified atom stereocenters. The van der Waals surface area contributed by atoms with Crippen molar-refractivity contribution in [3.05, 3.63) is 72.1 Å². The SMILES string of the molecule is C=C(/C=C\C(F)=C/C)[C@@H]1CC1(C)NCCCC[C@@H](C(=O)N1CCN(S(C)(=O)=O)CC1)N(C)C(=O)c1ccccc1. The van der Waals surface area contributed by atoms with Crippen molar-refractivity contribution in [2.75, 3.05) is 46.0 Å². The van der Waals surface area contributed by atoms with Crippen LogP contribution >= 0.6 is 0 Å². The van der Waals surface area contributed by atoms with Gasteiger partial charge < -0.3 is 15.1 Å². The second-order valence-corrected chi connectivity index (χ2v) is 12.9. The molecular weight excluding hydrogens is 531 g/mol. The number of carbonyl (C=O) groups excluding carboxylic acids is 2. The van der Waals surface area contributed by atoms with Gasteiger partial charge in [0.05, 0.1) is 6.26 Å². The maximum Gasteiger partial charge on any atom is 0.254 e. The van der Waals surface area contributed by atoms with E-state index >= 15 is 0 Å². The van der Waals surface area contributed by atoms with Crippen LogP contribution in [0.25, 0.3) is 0 Å². The standard InChI is InChI=1S/C30H43FN4O4S/c1-6-25(31)16-15-23(2)26-22-30(26,3)32-17-11-10-14-27(33(4)28(36)24-12-8-7-9-13-24)29(37)34-18-20-35(21-19-34)40(5,38)39/h6-9,12-13,15-16,26-27,32H,2,10-11,14,17-22H2,1,3-5H3/b16-15-,25-6+/t26-,27-,30?/m0/s1. The maximum absolute atomic E-state index is 13.6. The van der Waals surface area contributed by atoms with Crippen molar-refractivity contribution < 1.29 is 22.4 Å². The molecule has 3 atom stereocenters. The monoisotopic (exact) mass is 574 g/mol. The van der Waals surface area contributed by atoms with Gasteiger partial charge in [-0.15, -0.1) is 0 Å². The number of halogens is 1. The molecule has 1 heterocycles. The van der Waals surface area contributed by atoms with E-state index in [2.05, 4.69) is 18.8 Å². The quantitative estimate of drug-likeness (QED) is 0.286. The number of nitrogens with one attached hydrogen (secondary N) is 1. The van der Waals surface area contributed by atoms with Gasteiger partial charge in [-0.1, -0.05) is 42.5 Å². The average Bonchev–Trinajstić information content (AvgIpc) is 3.63. The molecular formula is C30H43FN4O4S. The van der Waals surface area contributed by atoms with E-state index in [1.165, 1.54) is 27.6 Å². The van der Waals surface area contributed by atoms with E-state index in [4.69, 9.17) is 0 Å². The highest BCUT2D eigenvalue weighted by atomic mass is 32.2. The van der Waals surface area contributed by atoms with Crippen molar-refractivity contribution in [3.8, 4) is 0 Å². The number of likely N-dealkylation sites (N-methyl/N-ethyl adjacent to an activating group) is 1. The van der Waals surface area contributed by atoms with Crippen molar-refractivity contribution in [2.24, 2.45) is 5.92 Å². The number of nitrogens with zero attached hydrogens (tertiary/aromatic N) is 3. The number of rotatable bonds is 13. The van der Waals surface area contributed by atoms with E-state index in [0.717, 1.165) is 31.4 Å². The van der Waals surface area contributed by atoms with Gasteiger partial charge in [0, 0.05) is 50.2 Å². The van der Waals surface area contributed by atoms with Crippen molar-refractivity contribution >= 4 is 21.8 Å². The molecule has 1 aliphatic carbocycles. The fourth-order valence-electron chi connectivity index (χ4n) is 5.20. The predicted octanol–water partition coefficient (Wildman–Crippen LogP) is 3.76. The lowest BCUT2D eigenvalue weighted by Crippen LogP contribution is -2.56. The molecule has 0 spiro atoms. The molecule has 1 saturated carbocycles. The summed E-state index contributed by atoms with van der Waals surface area (Å²) in [7, 11) is -1.65. The van der Waals surface area contributed by atoms with E-state index in [9.17, 15) is 22.4 Å². The molecule has 1 aromatic rings. The topological polar surface area (TPSA) is 90.0 Å². The van der Waals surface area contributed by atoms with E-state index in [1.54, 1.807) is 49.2 Å². The summed E-state index contributed by atoms with van der Waals surface area (Å²) in [6.07, 6.45) is 8.73. The summed E-state index contributed by atoms with van der Waals surface area (Å²) >= 11 is 0. The maximum atomic E-state index is 13.6. The number of benzene rings is 1. The third-order valence-corrected chi connectivity index (χ3v) is 9.27. The fraction of sp³-hybridized carbons (Fsp3) is 0.533. The number of carbonyl (C=O) groups is 2. The highest BCUT2D eigenvalue weighted by Crippen LogP contribution is 2.48. The van der Waals surface area contributed by atoms with Gasteiger partial charge >= 0.3 is 0 Å². The number of allylic oxidation sites excluding steroid dienone is 4. The molecule has 2 fully saturated rings. The Morgan fingerprint density at radius 3 is 2.42 bits per heavy atom. The summed E-state index contributed by atoms with van der Waals surface area (Å²) in [4.78, 5) is 30.0. The minimum atomic E-state index is -3.31. The number of piperazine rings is 1. The van der Waals surface area contributed by atoms with Crippen LogP contribution in [0.1, 0.15) is 49.9 Å². The first-order valence-electron chi connectivity index (χ1n) is 13.9. The normalized spacial score (nSPS) is 22.8. The van der Waals surface area contributed by atoms with Crippen molar-refractivity contribution in [1.82, 2.24) is 19.4 Å². The van der Waals surface area contributed by atoms with Crippen LogP contribution in [0.3, 0.4) is 0 Å². The lowest BCUT2D eigenvalue weighted by atomic mass is 10.0. The molecule has 1 aromatic carbocycles. The third kappa shape index (κ3) is 8.34. The summed E-state index contributed by atoms with van der Waals surface area (Å²) in [5, 5.41) is 3.59. The Morgan fingerprint density at radius 1 is 1.18 bits per heavy atom. The van der Waals surface area contributed by atoms with Gasteiger partial charge in [0.25, 0.3) is 5.91 Å². The first kappa shape index (κ1) is 31.7. The second-order valence-electron chi connectivity index (χ2n) is 11.0. The molecule has 8 nitrogen and oxygen atoms in total. The fourth-order valence-corrected chi connectivity index (χ4v) is 6.02. The molecule has 3 rings (SSSR count). The van der Waals surface area contributed by atoms with Crippen LogP contribution in [-0.2, 0) is 14.8 Å². The molecule has 2 aliphatic rings. The highest BCUT2D eigenvalue weighted by molar-refractivity contribution is 7.88. The van der Waals surface area contributed by atoms with Crippen LogP contribution < -0.4 is 5.32 Å². The summed E-state index contributed by atoms with van der Waals surface area (Å²) < 4.78 is 38.6. The Bertz CT molecular complexity index is 1230. The highest BCUT2D eigenvalue weighted by Gasteiger charge is 2.50. The minimum Gasteiger partial charge on any atom is -0.338 e. The molecule has 1 N–H and O–H groups in total. The van der Waals surface area contributed by atoms with E-state index in [1.807, 2.05) is 6.07 Å². The Balaban J connectivity index is 1.57. The number of amides is 2. The first-order valence-corrected chi connectivity index (χ1v) is 15.7. The van der Waals surface area contributed by atoms with Crippen LogP contribution in [0.4, 0.5) is 4.39 Å². The van der Waals surface area contributed by atoms with Crippen molar-refractivity contribution in [2.45, 2.75) is 51.1 Å².